The molecule has 0 unspecified atom stereocenters. The summed E-state index contributed by atoms with van der Waals surface area (Å²) in [7, 11) is 1.76. The van der Waals surface area contributed by atoms with Crippen molar-refractivity contribution in [2.45, 2.75) is 65.0 Å². The van der Waals surface area contributed by atoms with E-state index in [2.05, 4.69) is 22.5 Å². The normalized spacial score (nSPS) is 22.4. The second-order valence-corrected chi connectivity index (χ2v) is 5.89. The van der Waals surface area contributed by atoms with Gasteiger partial charge in [0.25, 0.3) is 0 Å². The van der Waals surface area contributed by atoms with Crippen LogP contribution >= 0.6 is 24.0 Å². The van der Waals surface area contributed by atoms with Crippen molar-refractivity contribution in [2.75, 3.05) is 13.6 Å². The van der Waals surface area contributed by atoms with Crippen LogP contribution in [0.4, 0.5) is 0 Å². The molecule has 1 aliphatic rings. The molecule has 0 heterocycles. The van der Waals surface area contributed by atoms with Gasteiger partial charge in [0, 0.05) is 19.6 Å². The minimum Gasteiger partial charge on any atom is -0.463 e. The first kappa shape index (κ1) is 20.5. The maximum atomic E-state index is 11.4. The number of aliphatic imine (C=N–C) groups is 1. The number of esters is 1. The summed E-state index contributed by atoms with van der Waals surface area (Å²) in [4.78, 5) is 15.6. The molecule has 0 saturated heterocycles. The van der Waals surface area contributed by atoms with Crippen LogP contribution in [0.3, 0.4) is 0 Å². The van der Waals surface area contributed by atoms with E-state index in [1.54, 1.807) is 7.05 Å². The molecule has 1 aliphatic carbocycles. The summed E-state index contributed by atoms with van der Waals surface area (Å²) in [6.07, 6.45) is 5.24. The fourth-order valence-electron chi connectivity index (χ4n) is 2.40. The van der Waals surface area contributed by atoms with Crippen LogP contribution in [0.2, 0.25) is 0 Å². The van der Waals surface area contributed by atoms with Crippen molar-refractivity contribution in [1.82, 2.24) is 10.6 Å². The molecule has 0 aromatic heterocycles. The maximum Gasteiger partial charge on any atom is 0.307 e. The molecule has 5 nitrogen and oxygen atoms in total. The first-order valence-electron chi connectivity index (χ1n) is 7.68. The van der Waals surface area contributed by atoms with Crippen LogP contribution in [-0.4, -0.2) is 37.7 Å². The van der Waals surface area contributed by atoms with Gasteiger partial charge < -0.3 is 15.4 Å². The van der Waals surface area contributed by atoms with Crippen molar-refractivity contribution in [2.24, 2.45) is 10.9 Å². The first-order valence-corrected chi connectivity index (χ1v) is 7.68. The van der Waals surface area contributed by atoms with E-state index in [1.807, 2.05) is 13.8 Å². The highest BCUT2D eigenvalue weighted by molar-refractivity contribution is 14.0. The fraction of sp³-hybridized carbons (Fsp3) is 0.867. The molecule has 0 aliphatic heterocycles. The molecular formula is C15H30IN3O2. The predicted molar refractivity (Wildman–Crippen MR) is 97.2 cm³/mol. The number of ether oxygens (including phenoxy) is 1. The van der Waals surface area contributed by atoms with E-state index >= 15 is 0 Å². The van der Waals surface area contributed by atoms with Gasteiger partial charge in [-0.25, -0.2) is 0 Å². The third kappa shape index (κ3) is 9.16. The van der Waals surface area contributed by atoms with Crippen LogP contribution in [0.25, 0.3) is 0 Å². The molecule has 0 radical (unpaired) electrons. The Balaban J connectivity index is 0.00000400. The van der Waals surface area contributed by atoms with Gasteiger partial charge in [0.2, 0.25) is 0 Å². The molecule has 0 amide bonds. The monoisotopic (exact) mass is 411 g/mol. The van der Waals surface area contributed by atoms with E-state index in [9.17, 15) is 4.79 Å². The van der Waals surface area contributed by atoms with Crippen LogP contribution < -0.4 is 10.6 Å². The van der Waals surface area contributed by atoms with Crippen molar-refractivity contribution in [3.8, 4) is 0 Å². The molecule has 1 rings (SSSR count). The molecule has 2 N–H and O–H groups in total. The average molecular weight is 411 g/mol. The lowest BCUT2D eigenvalue weighted by atomic mass is 9.87. The Morgan fingerprint density at radius 3 is 2.43 bits per heavy atom. The molecule has 0 aromatic carbocycles. The molecule has 21 heavy (non-hydrogen) atoms. The zero-order valence-electron chi connectivity index (χ0n) is 13.6. The zero-order valence-corrected chi connectivity index (χ0v) is 16.0. The Morgan fingerprint density at radius 1 is 1.29 bits per heavy atom. The quantitative estimate of drug-likeness (QED) is 0.316. The SMILES string of the molecule is CN=C(NCCC(=O)OC(C)C)NC1CCC(C)CC1.I. The van der Waals surface area contributed by atoms with Gasteiger partial charge in [0.1, 0.15) is 0 Å². The highest BCUT2D eigenvalue weighted by atomic mass is 127. The molecule has 124 valence electrons. The number of guanidine groups is 1. The van der Waals surface area contributed by atoms with Gasteiger partial charge in [-0.1, -0.05) is 6.92 Å². The lowest BCUT2D eigenvalue weighted by molar-refractivity contribution is -0.147. The van der Waals surface area contributed by atoms with Gasteiger partial charge in [-0.15, -0.1) is 24.0 Å². The highest BCUT2D eigenvalue weighted by Crippen LogP contribution is 2.23. The van der Waals surface area contributed by atoms with E-state index in [4.69, 9.17) is 4.74 Å². The van der Waals surface area contributed by atoms with Crippen LogP contribution in [0, 0.1) is 5.92 Å². The number of hydrogen-bond acceptors (Lipinski definition) is 3. The Labute approximate surface area is 145 Å². The number of halogens is 1. The lowest BCUT2D eigenvalue weighted by Crippen LogP contribution is -2.45. The minimum atomic E-state index is -0.172. The van der Waals surface area contributed by atoms with E-state index < -0.39 is 0 Å². The van der Waals surface area contributed by atoms with E-state index in [-0.39, 0.29) is 36.0 Å². The average Bonchev–Trinajstić information content (AvgIpc) is 2.39. The van der Waals surface area contributed by atoms with Crippen LogP contribution in [-0.2, 0) is 9.53 Å². The fourth-order valence-corrected chi connectivity index (χ4v) is 2.40. The van der Waals surface area contributed by atoms with Gasteiger partial charge in [-0.05, 0) is 45.4 Å². The molecule has 0 aromatic rings. The molecule has 1 saturated carbocycles. The third-order valence-electron chi connectivity index (χ3n) is 3.57. The van der Waals surface area contributed by atoms with E-state index in [0.29, 0.717) is 19.0 Å². The Morgan fingerprint density at radius 2 is 1.90 bits per heavy atom. The number of carbonyl (C=O) groups is 1. The second kappa shape index (κ2) is 11.1. The summed E-state index contributed by atoms with van der Waals surface area (Å²) in [5, 5.41) is 6.60. The van der Waals surface area contributed by atoms with Crippen molar-refractivity contribution < 1.29 is 9.53 Å². The van der Waals surface area contributed by atoms with E-state index in [1.165, 1.54) is 25.7 Å². The van der Waals surface area contributed by atoms with Gasteiger partial charge in [0.15, 0.2) is 5.96 Å². The Bertz CT molecular complexity index is 327. The summed E-state index contributed by atoms with van der Waals surface area (Å²) >= 11 is 0. The van der Waals surface area contributed by atoms with Crippen LogP contribution in [0.15, 0.2) is 4.99 Å². The number of carbonyl (C=O) groups excluding carboxylic acids is 1. The summed E-state index contributed by atoms with van der Waals surface area (Å²) in [5.41, 5.74) is 0. The van der Waals surface area contributed by atoms with Crippen molar-refractivity contribution in [1.29, 1.82) is 0 Å². The number of hydrogen-bond donors (Lipinski definition) is 2. The topological polar surface area (TPSA) is 62.7 Å². The van der Waals surface area contributed by atoms with Gasteiger partial charge >= 0.3 is 5.97 Å². The largest absolute Gasteiger partial charge is 0.463 e. The molecular weight excluding hydrogens is 381 g/mol. The standard InChI is InChI=1S/C15H29N3O2.HI/c1-11(2)20-14(19)9-10-17-15(16-4)18-13-7-5-12(3)6-8-13;/h11-13H,5-10H2,1-4H3,(H2,16,17,18);1H. The smallest absolute Gasteiger partial charge is 0.307 e. The molecule has 0 spiro atoms. The number of nitrogens with zero attached hydrogens (tertiary/aromatic N) is 1. The van der Waals surface area contributed by atoms with Gasteiger partial charge in [0.05, 0.1) is 12.5 Å². The van der Waals surface area contributed by atoms with Gasteiger partial charge in [-0.2, -0.15) is 0 Å². The Kier molecular flexibility index (Phi) is 10.8. The third-order valence-corrected chi connectivity index (χ3v) is 3.57. The number of rotatable bonds is 5. The molecule has 6 heteroatoms. The summed E-state index contributed by atoms with van der Waals surface area (Å²) in [5.74, 6) is 1.45. The molecule has 1 fully saturated rings. The molecule has 0 bridgehead atoms. The van der Waals surface area contributed by atoms with Gasteiger partial charge in [-0.3, -0.25) is 9.79 Å². The second-order valence-electron chi connectivity index (χ2n) is 5.89. The van der Waals surface area contributed by atoms with Crippen molar-refractivity contribution in [3.63, 3.8) is 0 Å². The lowest BCUT2D eigenvalue weighted by Gasteiger charge is -2.28. The summed E-state index contributed by atoms with van der Waals surface area (Å²) in [6.45, 7) is 6.57. The molecule has 0 atom stereocenters. The minimum absolute atomic E-state index is 0. The maximum absolute atomic E-state index is 11.4. The van der Waals surface area contributed by atoms with Crippen LogP contribution in [0.5, 0.6) is 0 Å². The zero-order chi connectivity index (χ0) is 15.0. The van der Waals surface area contributed by atoms with Crippen molar-refractivity contribution >= 4 is 35.9 Å². The van der Waals surface area contributed by atoms with E-state index in [0.717, 1.165) is 11.9 Å². The summed E-state index contributed by atoms with van der Waals surface area (Å²) in [6, 6.07) is 0.500. The predicted octanol–water partition coefficient (Wildman–Crippen LogP) is 2.69. The highest BCUT2D eigenvalue weighted by Gasteiger charge is 2.18. The number of nitrogens with one attached hydrogen (secondary N) is 2. The van der Waals surface area contributed by atoms with Crippen LogP contribution in [0.1, 0.15) is 52.9 Å². The Hall–Kier alpha value is -0.530. The summed E-state index contributed by atoms with van der Waals surface area (Å²) < 4.78 is 5.09. The first-order chi connectivity index (χ1) is 9.51. The van der Waals surface area contributed by atoms with Crippen molar-refractivity contribution in [3.05, 3.63) is 0 Å².